The van der Waals surface area contributed by atoms with Crippen molar-refractivity contribution in [2.45, 2.75) is 12.5 Å². The average Bonchev–Trinajstić information content (AvgIpc) is 2.17. The van der Waals surface area contributed by atoms with E-state index >= 15 is 0 Å². The van der Waals surface area contributed by atoms with E-state index in [2.05, 4.69) is 0 Å². The maximum absolute atomic E-state index is 11.2. The van der Waals surface area contributed by atoms with Gasteiger partial charge in [-0.05, 0) is 18.6 Å². The molecule has 0 saturated carbocycles. The molecular formula is C10H12Cl2N2O2. The van der Waals surface area contributed by atoms with E-state index in [0.717, 1.165) is 0 Å². The Morgan fingerprint density at radius 1 is 1.50 bits per heavy atom. The summed E-state index contributed by atoms with van der Waals surface area (Å²) in [6.07, 6.45) is 0.564. The smallest absolute Gasteiger partial charge is 0.249 e. The summed E-state index contributed by atoms with van der Waals surface area (Å²) in [5, 5.41) is 0.488. The minimum atomic E-state index is -0.486. The predicted octanol–water partition coefficient (Wildman–Crippen LogP) is 1.12. The number of ether oxygens (including phenoxy) is 1. The Morgan fingerprint density at radius 3 is 2.81 bits per heavy atom. The van der Waals surface area contributed by atoms with Crippen LogP contribution < -0.4 is 16.2 Å². The predicted molar refractivity (Wildman–Crippen MR) is 64.4 cm³/mol. The second-order valence-corrected chi connectivity index (χ2v) is 3.95. The molecule has 0 aromatic heterocycles. The van der Waals surface area contributed by atoms with Crippen LogP contribution in [-0.2, 0) is 6.42 Å². The number of hydrogen-bond donors (Lipinski definition) is 2. The average molecular weight is 263 g/mol. The molecule has 1 unspecified atom stereocenters. The second kappa shape index (κ2) is 4.91. The third-order valence-corrected chi connectivity index (χ3v) is 2.68. The lowest BCUT2D eigenvalue weighted by Gasteiger charge is -2.24. The highest BCUT2D eigenvalue weighted by molar-refractivity contribution is 6.32. The van der Waals surface area contributed by atoms with Crippen molar-refractivity contribution < 1.29 is 9.53 Å². The number of carbonyl (C=O) groups excluding carboxylic acids is 1. The second-order valence-electron chi connectivity index (χ2n) is 3.54. The monoisotopic (exact) mass is 262 g/mol. The molecule has 4 nitrogen and oxygen atoms in total. The fraction of sp³-hybridized carbons (Fsp3) is 0.300. The Labute approximate surface area is 104 Å². The Bertz CT molecular complexity index is 424. The molecule has 1 amide bonds. The molecule has 1 aliphatic rings. The van der Waals surface area contributed by atoms with Crippen LogP contribution in [0, 0.1) is 0 Å². The van der Waals surface area contributed by atoms with Crippen molar-refractivity contribution in [3.63, 3.8) is 0 Å². The van der Waals surface area contributed by atoms with Crippen molar-refractivity contribution in [2.75, 3.05) is 6.61 Å². The normalized spacial score (nSPS) is 18.0. The van der Waals surface area contributed by atoms with Crippen LogP contribution in [0.2, 0.25) is 5.02 Å². The topological polar surface area (TPSA) is 78.3 Å². The molecule has 0 spiro atoms. The van der Waals surface area contributed by atoms with Gasteiger partial charge in [-0.15, -0.1) is 12.4 Å². The molecule has 0 aliphatic carbocycles. The molecule has 0 bridgehead atoms. The zero-order valence-corrected chi connectivity index (χ0v) is 9.98. The van der Waals surface area contributed by atoms with E-state index in [1.165, 1.54) is 0 Å². The molecule has 6 heteroatoms. The van der Waals surface area contributed by atoms with Crippen LogP contribution >= 0.6 is 24.0 Å². The number of halogens is 2. The van der Waals surface area contributed by atoms with Crippen LogP contribution in [0.4, 0.5) is 0 Å². The number of primary amides is 1. The summed E-state index contributed by atoms with van der Waals surface area (Å²) in [6, 6.07) is 3.09. The number of benzene rings is 1. The lowest BCUT2D eigenvalue weighted by atomic mass is 9.97. The molecule has 2 rings (SSSR count). The SMILES string of the molecule is Cl.NC(=O)c1ccc(Cl)c2c1CC(N)CO2. The Morgan fingerprint density at radius 2 is 2.19 bits per heavy atom. The maximum atomic E-state index is 11.2. The molecule has 4 N–H and O–H groups in total. The van der Waals surface area contributed by atoms with E-state index in [0.29, 0.717) is 34.9 Å². The van der Waals surface area contributed by atoms with Gasteiger partial charge in [-0.25, -0.2) is 0 Å². The fourth-order valence-electron chi connectivity index (χ4n) is 1.70. The molecular weight excluding hydrogens is 251 g/mol. The van der Waals surface area contributed by atoms with Crippen molar-refractivity contribution in [1.82, 2.24) is 0 Å². The van der Waals surface area contributed by atoms with Gasteiger partial charge in [0.05, 0.1) is 5.02 Å². The minimum absolute atomic E-state index is 0. The third kappa shape index (κ3) is 2.24. The van der Waals surface area contributed by atoms with Gasteiger partial charge in [-0.2, -0.15) is 0 Å². The molecule has 1 aromatic carbocycles. The van der Waals surface area contributed by atoms with Crippen LogP contribution in [-0.4, -0.2) is 18.6 Å². The Kier molecular flexibility index (Phi) is 4.02. The van der Waals surface area contributed by atoms with Gasteiger partial charge in [0.1, 0.15) is 12.4 Å². The number of hydrogen-bond acceptors (Lipinski definition) is 3. The van der Waals surface area contributed by atoms with E-state index in [4.69, 9.17) is 27.8 Å². The molecule has 0 fully saturated rings. The van der Waals surface area contributed by atoms with Gasteiger partial charge >= 0.3 is 0 Å². The van der Waals surface area contributed by atoms with Crippen LogP contribution in [0.25, 0.3) is 0 Å². The number of amides is 1. The third-order valence-electron chi connectivity index (χ3n) is 2.39. The van der Waals surface area contributed by atoms with E-state index in [-0.39, 0.29) is 18.4 Å². The highest BCUT2D eigenvalue weighted by Crippen LogP contribution is 2.34. The first-order chi connectivity index (χ1) is 7.09. The van der Waals surface area contributed by atoms with Crippen molar-refractivity contribution in [2.24, 2.45) is 11.5 Å². The lowest BCUT2D eigenvalue weighted by Crippen LogP contribution is -2.35. The summed E-state index contributed by atoms with van der Waals surface area (Å²) < 4.78 is 5.39. The van der Waals surface area contributed by atoms with Gasteiger partial charge < -0.3 is 16.2 Å². The Hall–Kier alpha value is -0.970. The molecule has 1 aliphatic heterocycles. The van der Waals surface area contributed by atoms with Crippen LogP contribution in [0.15, 0.2) is 12.1 Å². The van der Waals surface area contributed by atoms with Gasteiger partial charge in [-0.1, -0.05) is 11.6 Å². The number of carbonyl (C=O) groups is 1. The molecule has 0 saturated heterocycles. The Balaban J connectivity index is 0.00000128. The molecule has 16 heavy (non-hydrogen) atoms. The molecule has 88 valence electrons. The van der Waals surface area contributed by atoms with Gasteiger partial charge in [0.25, 0.3) is 0 Å². The first-order valence-electron chi connectivity index (χ1n) is 4.59. The first kappa shape index (κ1) is 13.1. The quantitative estimate of drug-likeness (QED) is 0.797. The van der Waals surface area contributed by atoms with E-state index in [9.17, 15) is 4.79 Å². The van der Waals surface area contributed by atoms with Gasteiger partial charge in [0, 0.05) is 17.2 Å². The fourth-order valence-corrected chi connectivity index (χ4v) is 1.93. The standard InChI is InChI=1S/C10H11ClN2O2.ClH/c11-8-2-1-6(10(13)14)7-3-5(12)4-15-9(7)8;/h1-2,5H,3-4,12H2,(H2,13,14);1H. The zero-order valence-electron chi connectivity index (χ0n) is 8.40. The molecule has 1 aromatic rings. The summed E-state index contributed by atoms with van der Waals surface area (Å²) in [4.78, 5) is 11.2. The van der Waals surface area contributed by atoms with Crippen molar-refractivity contribution in [3.8, 4) is 5.75 Å². The van der Waals surface area contributed by atoms with Gasteiger partial charge in [0.15, 0.2) is 0 Å². The van der Waals surface area contributed by atoms with Gasteiger partial charge in [0.2, 0.25) is 5.91 Å². The molecule has 1 heterocycles. The van der Waals surface area contributed by atoms with Crippen LogP contribution in [0.1, 0.15) is 15.9 Å². The molecule has 0 radical (unpaired) electrons. The van der Waals surface area contributed by atoms with Crippen molar-refractivity contribution >= 4 is 29.9 Å². The summed E-state index contributed by atoms with van der Waals surface area (Å²) in [5.74, 6) is 0.0512. The number of fused-ring (bicyclic) bond motifs is 1. The summed E-state index contributed by atoms with van der Waals surface area (Å²) >= 11 is 5.95. The highest BCUT2D eigenvalue weighted by Gasteiger charge is 2.23. The zero-order chi connectivity index (χ0) is 11.0. The van der Waals surface area contributed by atoms with E-state index < -0.39 is 5.91 Å². The first-order valence-corrected chi connectivity index (χ1v) is 4.97. The maximum Gasteiger partial charge on any atom is 0.249 e. The van der Waals surface area contributed by atoms with Crippen LogP contribution in [0.3, 0.4) is 0 Å². The van der Waals surface area contributed by atoms with Gasteiger partial charge in [-0.3, -0.25) is 4.79 Å². The largest absolute Gasteiger partial charge is 0.490 e. The number of rotatable bonds is 1. The summed E-state index contributed by atoms with van der Waals surface area (Å²) in [6.45, 7) is 0.412. The van der Waals surface area contributed by atoms with E-state index in [1.807, 2.05) is 0 Å². The minimum Gasteiger partial charge on any atom is -0.490 e. The summed E-state index contributed by atoms with van der Waals surface area (Å²) in [5.41, 5.74) is 12.2. The highest BCUT2D eigenvalue weighted by atomic mass is 35.5. The van der Waals surface area contributed by atoms with Crippen molar-refractivity contribution in [1.29, 1.82) is 0 Å². The molecule has 1 atom stereocenters. The lowest BCUT2D eigenvalue weighted by molar-refractivity contribution is 0.0998. The van der Waals surface area contributed by atoms with Crippen molar-refractivity contribution in [3.05, 3.63) is 28.3 Å². The summed E-state index contributed by atoms with van der Waals surface area (Å²) in [7, 11) is 0. The van der Waals surface area contributed by atoms with Crippen LogP contribution in [0.5, 0.6) is 5.75 Å². The number of nitrogens with two attached hydrogens (primary N) is 2. The van der Waals surface area contributed by atoms with E-state index in [1.54, 1.807) is 12.1 Å².